The third-order valence-electron chi connectivity index (χ3n) is 6.47. The molecular formula is C27H28F3N3O4S. The van der Waals surface area contributed by atoms with Crippen molar-refractivity contribution < 1.29 is 30.5 Å². The van der Waals surface area contributed by atoms with Crippen molar-refractivity contribution >= 4 is 9.84 Å². The van der Waals surface area contributed by atoms with Crippen molar-refractivity contribution in [1.29, 1.82) is 0 Å². The summed E-state index contributed by atoms with van der Waals surface area (Å²) in [5.41, 5.74) is 3.62. The van der Waals surface area contributed by atoms with Crippen LogP contribution in [-0.4, -0.2) is 36.5 Å². The number of hydrogen-bond donors (Lipinski definition) is 1. The number of hydrogen-bond acceptors (Lipinski definition) is 7. The standard InChI is InChI=1S/C27H28F3N3O4S/c1-17(8-11-24-18(2)19(3)33-37-24)38(34,35)25-7-5-4-6-23(25)22-10-9-20(26-32-12-13-36-26)14-21(22)15-31-16-27(28,29)30/h4-7,9-10,12-14,17,31H,8,11,15-16H2,1-3H3. The molecule has 0 aliphatic rings. The van der Waals surface area contributed by atoms with Crippen LogP contribution in [0.1, 0.15) is 35.9 Å². The lowest BCUT2D eigenvalue weighted by Gasteiger charge is -2.19. The molecule has 0 saturated carbocycles. The van der Waals surface area contributed by atoms with E-state index in [1.165, 1.54) is 18.5 Å². The molecule has 0 bridgehead atoms. The van der Waals surface area contributed by atoms with Gasteiger partial charge in [-0.3, -0.25) is 0 Å². The maximum absolute atomic E-state index is 13.7. The Kier molecular flexibility index (Phi) is 8.08. The monoisotopic (exact) mass is 547 g/mol. The van der Waals surface area contributed by atoms with Gasteiger partial charge < -0.3 is 14.3 Å². The Morgan fingerprint density at radius 1 is 1.08 bits per heavy atom. The lowest BCUT2D eigenvalue weighted by molar-refractivity contribution is -0.125. The first-order valence-electron chi connectivity index (χ1n) is 12.0. The number of nitrogens with one attached hydrogen (secondary N) is 1. The summed E-state index contributed by atoms with van der Waals surface area (Å²) in [7, 11) is -3.80. The van der Waals surface area contributed by atoms with Gasteiger partial charge in [0.25, 0.3) is 0 Å². The molecule has 11 heteroatoms. The average Bonchev–Trinajstić information content (AvgIpc) is 3.52. The number of aromatic nitrogens is 2. The number of halogens is 3. The van der Waals surface area contributed by atoms with Crippen molar-refractivity contribution in [2.75, 3.05) is 6.54 Å². The second-order valence-electron chi connectivity index (χ2n) is 9.13. The molecule has 0 aliphatic heterocycles. The molecule has 38 heavy (non-hydrogen) atoms. The van der Waals surface area contributed by atoms with E-state index in [4.69, 9.17) is 8.94 Å². The van der Waals surface area contributed by atoms with Crippen LogP contribution in [-0.2, 0) is 22.8 Å². The number of oxazole rings is 1. The molecule has 0 spiro atoms. The Morgan fingerprint density at radius 2 is 1.84 bits per heavy atom. The fourth-order valence-electron chi connectivity index (χ4n) is 4.18. The smallest absolute Gasteiger partial charge is 0.401 e. The molecule has 1 atom stereocenters. The van der Waals surface area contributed by atoms with E-state index in [2.05, 4.69) is 15.5 Å². The van der Waals surface area contributed by atoms with Gasteiger partial charge in [0, 0.05) is 29.7 Å². The summed E-state index contributed by atoms with van der Waals surface area (Å²) in [4.78, 5) is 4.22. The van der Waals surface area contributed by atoms with Gasteiger partial charge in [-0.1, -0.05) is 29.4 Å². The van der Waals surface area contributed by atoms with Crippen molar-refractivity contribution in [2.24, 2.45) is 0 Å². The summed E-state index contributed by atoms with van der Waals surface area (Å²) in [6.07, 6.45) is -0.801. The Balaban J connectivity index is 1.68. The van der Waals surface area contributed by atoms with Crippen molar-refractivity contribution in [3.8, 4) is 22.6 Å². The van der Waals surface area contributed by atoms with Crippen LogP contribution in [0.3, 0.4) is 0 Å². The van der Waals surface area contributed by atoms with Crippen molar-refractivity contribution in [3.05, 3.63) is 77.5 Å². The highest BCUT2D eigenvalue weighted by Gasteiger charge is 2.29. The number of alkyl halides is 3. The number of benzene rings is 2. The lowest BCUT2D eigenvalue weighted by atomic mass is 9.97. The second kappa shape index (κ2) is 11.1. The van der Waals surface area contributed by atoms with Gasteiger partial charge >= 0.3 is 6.18 Å². The van der Waals surface area contributed by atoms with Gasteiger partial charge in [0.05, 0.1) is 28.6 Å². The zero-order valence-electron chi connectivity index (χ0n) is 21.2. The Bertz CT molecular complexity index is 1500. The number of nitrogens with zero attached hydrogens (tertiary/aromatic N) is 2. The van der Waals surface area contributed by atoms with E-state index in [0.29, 0.717) is 46.7 Å². The number of sulfone groups is 1. The first-order chi connectivity index (χ1) is 18.0. The largest absolute Gasteiger partial charge is 0.445 e. The highest BCUT2D eigenvalue weighted by Crippen LogP contribution is 2.35. The SMILES string of the molecule is Cc1noc(CCC(C)S(=O)(=O)c2ccccc2-c2ccc(-c3ncco3)cc2CNCC(F)(F)F)c1C. The van der Waals surface area contributed by atoms with Crippen molar-refractivity contribution in [1.82, 2.24) is 15.5 Å². The van der Waals surface area contributed by atoms with Gasteiger partial charge in [-0.05, 0) is 56.5 Å². The van der Waals surface area contributed by atoms with E-state index in [1.807, 2.05) is 13.8 Å². The molecule has 4 aromatic rings. The van der Waals surface area contributed by atoms with E-state index in [0.717, 1.165) is 11.3 Å². The van der Waals surface area contributed by atoms with Crippen LogP contribution in [0.2, 0.25) is 0 Å². The summed E-state index contributed by atoms with van der Waals surface area (Å²) >= 11 is 0. The van der Waals surface area contributed by atoms with E-state index in [9.17, 15) is 21.6 Å². The van der Waals surface area contributed by atoms with Crippen molar-refractivity contribution in [3.63, 3.8) is 0 Å². The third kappa shape index (κ3) is 6.16. The molecule has 202 valence electrons. The van der Waals surface area contributed by atoms with Gasteiger partial charge in [0.1, 0.15) is 12.0 Å². The van der Waals surface area contributed by atoms with Crippen LogP contribution in [0, 0.1) is 13.8 Å². The minimum Gasteiger partial charge on any atom is -0.445 e. The number of aryl methyl sites for hydroxylation is 2. The molecule has 1 unspecified atom stereocenters. The van der Waals surface area contributed by atoms with Crippen LogP contribution in [0.4, 0.5) is 13.2 Å². The highest BCUT2D eigenvalue weighted by atomic mass is 32.2. The fourth-order valence-corrected chi connectivity index (χ4v) is 5.79. The molecule has 0 radical (unpaired) electrons. The lowest BCUT2D eigenvalue weighted by Crippen LogP contribution is -2.28. The minimum atomic E-state index is -4.39. The molecule has 2 aromatic heterocycles. The molecule has 7 nitrogen and oxygen atoms in total. The average molecular weight is 548 g/mol. The van der Waals surface area contributed by atoms with Gasteiger partial charge in [0.2, 0.25) is 5.89 Å². The summed E-state index contributed by atoms with van der Waals surface area (Å²) in [5, 5.41) is 5.60. The van der Waals surface area contributed by atoms with Crippen LogP contribution in [0.25, 0.3) is 22.6 Å². The van der Waals surface area contributed by atoms with Gasteiger partial charge in [-0.15, -0.1) is 0 Å². The molecule has 2 aromatic carbocycles. The van der Waals surface area contributed by atoms with Crippen molar-refractivity contribution in [2.45, 2.75) is 56.5 Å². The second-order valence-corrected chi connectivity index (χ2v) is 11.5. The topological polar surface area (TPSA) is 98.2 Å². The van der Waals surface area contributed by atoms with Gasteiger partial charge in [0.15, 0.2) is 9.84 Å². The van der Waals surface area contributed by atoms with E-state index in [-0.39, 0.29) is 11.4 Å². The van der Waals surface area contributed by atoms with Crippen LogP contribution >= 0.6 is 0 Å². The molecule has 1 N–H and O–H groups in total. The number of rotatable bonds is 10. The maximum atomic E-state index is 13.7. The Morgan fingerprint density at radius 3 is 2.50 bits per heavy atom. The predicted octanol–water partition coefficient (Wildman–Crippen LogP) is 6.06. The molecule has 4 rings (SSSR count). The summed E-state index contributed by atoms with van der Waals surface area (Å²) in [5.74, 6) is 0.957. The van der Waals surface area contributed by atoms with Gasteiger partial charge in [-0.2, -0.15) is 13.2 Å². The van der Waals surface area contributed by atoms with Gasteiger partial charge in [-0.25, -0.2) is 13.4 Å². The Labute approximate surface area is 219 Å². The maximum Gasteiger partial charge on any atom is 0.401 e. The zero-order valence-corrected chi connectivity index (χ0v) is 22.0. The van der Waals surface area contributed by atoms with E-state index >= 15 is 0 Å². The molecule has 0 saturated heterocycles. The molecule has 2 heterocycles. The molecule has 0 aliphatic carbocycles. The first-order valence-corrected chi connectivity index (χ1v) is 13.6. The quantitative estimate of drug-likeness (QED) is 0.258. The molecule has 0 amide bonds. The van der Waals surface area contributed by atoms with E-state index in [1.54, 1.807) is 43.3 Å². The minimum absolute atomic E-state index is 0.110. The molecule has 0 fully saturated rings. The summed E-state index contributed by atoms with van der Waals surface area (Å²) in [6.45, 7) is 4.02. The molecular weight excluding hydrogens is 519 g/mol. The van der Waals surface area contributed by atoms with Crippen LogP contribution < -0.4 is 5.32 Å². The van der Waals surface area contributed by atoms with Crippen LogP contribution in [0.5, 0.6) is 0 Å². The Hall–Kier alpha value is -3.44. The van der Waals surface area contributed by atoms with E-state index < -0.39 is 27.8 Å². The normalized spacial score (nSPS) is 13.1. The van der Waals surface area contributed by atoms with Crippen LogP contribution in [0.15, 0.2) is 68.8 Å². The zero-order chi connectivity index (χ0) is 27.5. The first kappa shape index (κ1) is 27.6. The predicted molar refractivity (Wildman–Crippen MR) is 136 cm³/mol. The third-order valence-corrected chi connectivity index (χ3v) is 8.73. The highest BCUT2D eigenvalue weighted by molar-refractivity contribution is 7.92. The summed E-state index contributed by atoms with van der Waals surface area (Å²) in [6, 6.07) is 11.6. The summed E-state index contributed by atoms with van der Waals surface area (Å²) < 4.78 is 76.6. The fraction of sp³-hybridized carbons (Fsp3) is 0.333.